The summed E-state index contributed by atoms with van der Waals surface area (Å²) in [7, 11) is 0. The molecule has 3 heterocycles. The highest BCUT2D eigenvalue weighted by atomic mass is 32.1. The summed E-state index contributed by atoms with van der Waals surface area (Å²) in [5.74, 6) is -0.193. The van der Waals surface area contributed by atoms with E-state index < -0.39 is 41.0 Å². The first kappa shape index (κ1) is 50.4. The predicted molar refractivity (Wildman–Crippen MR) is 259 cm³/mol. The normalized spacial score (nSPS) is 17.3. The molecule has 0 aliphatic carbocycles. The number of nitrogens with zero attached hydrogens (tertiary/aromatic N) is 5. The molecule has 2 saturated heterocycles. The smallest absolute Gasteiger partial charge is 0.259 e. The molecule has 2 fully saturated rings. The number of likely N-dealkylation sites (tertiary alicyclic amines) is 1. The van der Waals surface area contributed by atoms with Gasteiger partial charge in [0.25, 0.3) is 5.91 Å². The summed E-state index contributed by atoms with van der Waals surface area (Å²) in [6.07, 6.45) is -0.808. The molecular weight excluding hydrogens is 895 g/mol. The van der Waals surface area contributed by atoms with Crippen LogP contribution in [0.5, 0.6) is 11.5 Å². The van der Waals surface area contributed by atoms with E-state index in [9.17, 15) is 29.5 Å². The van der Waals surface area contributed by atoms with Gasteiger partial charge in [-0.15, -0.1) is 11.3 Å². The van der Waals surface area contributed by atoms with Gasteiger partial charge in [0.2, 0.25) is 17.7 Å². The SMILES string of the molecule is CC(=O)N[C@H](C(=O)N1C[C@H](O)C[C@H]1C(=O)NCc1ccc(-c2scnc2C)cc1OCCOCCOCCOc1ccc(N2C(=S)N(c3ccc(C#N)c(C)c3)C(=O)C2(C)C)cc1)C(C)(C)C. The Kier molecular flexibility index (Phi) is 16.4. The summed E-state index contributed by atoms with van der Waals surface area (Å²) in [5.41, 5.74) is 5.38. The molecule has 2 aliphatic heterocycles. The Morgan fingerprint density at radius 1 is 0.970 bits per heavy atom. The largest absolute Gasteiger partial charge is 0.491 e. The number of thiazole rings is 1. The van der Waals surface area contributed by atoms with Crippen molar-refractivity contribution in [3.8, 4) is 28.0 Å². The zero-order chi connectivity index (χ0) is 48.6. The fraction of sp³-hybridized carbons (Fsp3) is 0.449. The number of hydrogen-bond donors (Lipinski definition) is 3. The van der Waals surface area contributed by atoms with E-state index in [1.54, 1.807) is 23.7 Å². The van der Waals surface area contributed by atoms with Gasteiger partial charge in [0, 0.05) is 37.7 Å². The summed E-state index contributed by atoms with van der Waals surface area (Å²) in [6, 6.07) is 18.7. The molecule has 1 aromatic heterocycles. The highest BCUT2D eigenvalue weighted by molar-refractivity contribution is 7.81. The molecule has 0 unspecified atom stereocenters. The number of aryl methyl sites for hydroxylation is 2. The van der Waals surface area contributed by atoms with Crippen molar-refractivity contribution in [2.45, 2.75) is 92.1 Å². The lowest BCUT2D eigenvalue weighted by Crippen LogP contribution is -2.57. The minimum absolute atomic E-state index is 0.0166. The van der Waals surface area contributed by atoms with Gasteiger partial charge in [-0.1, -0.05) is 32.9 Å². The Bertz CT molecular complexity index is 2500. The fourth-order valence-electron chi connectivity index (χ4n) is 7.99. The van der Waals surface area contributed by atoms with Gasteiger partial charge in [-0.05, 0) is 105 Å². The van der Waals surface area contributed by atoms with Crippen LogP contribution in [0.1, 0.15) is 70.3 Å². The lowest BCUT2D eigenvalue weighted by atomic mass is 9.85. The molecule has 4 aromatic rings. The lowest BCUT2D eigenvalue weighted by molar-refractivity contribution is -0.143. The number of aromatic nitrogens is 1. The predicted octanol–water partition coefficient (Wildman–Crippen LogP) is 5.84. The van der Waals surface area contributed by atoms with Gasteiger partial charge < -0.3 is 44.5 Å². The van der Waals surface area contributed by atoms with E-state index in [-0.39, 0.29) is 44.5 Å². The Morgan fingerprint density at radius 3 is 2.24 bits per heavy atom. The van der Waals surface area contributed by atoms with Crippen LogP contribution in [-0.2, 0) is 35.2 Å². The third kappa shape index (κ3) is 12.0. The van der Waals surface area contributed by atoms with Gasteiger partial charge >= 0.3 is 0 Å². The number of thiocarbonyl (C=S) groups is 1. The number of carbonyl (C=O) groups is 4. The van der Waals surface area contributed by atoms with E-state index in [1.807, 2.05) is 95.8 Å². The number of benzene rings is 3. The van der Waals surface area contributed by atoms with Crippen molar-refractivity contribution in [2.75, 3.05) is 56.0 Å². The lowest BCUT2D eigenvalue weighted by Gasteiger charge is -2.35. The van der Waals surface area contributed by atoms with Gasteiger partial charge in [0.05, 0.1) is 65.9 Å². The summed E-state index contributed by atoms with van der Waals surface area (Å²) >= 11 is 7.33. The summed E-state index contributed by atoms with van der Waals surface area (Å²) in [4.78, 5) is 62.9. The van der Waals surface area contributed by atoms with Gasteiger partial charge in [0.15, 0.2) is 5.11 Å². The van der Waals surface area contributed by atoms with Gasteiger partial charge in [-0.3, -0.25) is 24.1 Å². The minimum Gasteiger partial charge on any atom is -0.491 e. The summed E-state index contributed by atoms with van der Waals surface area (Å²) < 4.78 is 23.6. The van der Waals surface area contributed by atoms with Crippen LogP contribution >= 0.6 is 23.6 Å². The molecule has 356 valence electrons. The van der Waals surface area contributed by atoms with Crippen molar-refractivity contribution >= 4 is 63.7 Å². The van der Waals surface area contributed by atoms with Crippen molar-refractivity contribution < 1.29 is 43.2 Å². The number of amides is 4. The molecule has 0 spiro atoms. The maximum Gasteiger partial charge on any atom is 0.259 e. The number of anilines is 2. The second-order valence-corrected chi connectivity index (χ2v) is 19.3. The van der Waals surface area contributed by atoms with Crippen molar-refractivity contribution in [3.63, 3.8) is 0 Å². The number of aliphatic hydroxyl groups is 1. The fourth-order valence-corrected chi connectivity index (χ4v) is 9.31. The third-order valence-corrected chi connectivity index (χ3v) is 12.9. The standard InChI is InChI=1S/C49H59N7O9S2/c1-30-23-37(12-11-34(30)26-50)55-46(61)49(7,8)56(47(55)66)36-13-15-39(16-14-36)64-21-19-62-17-18-63-20-22-65-41-24-33(42-31(2)52-29-67-42)9-10-35(41)27-51-44(59)40-25-38(58)28-54(40)45(60)43(48(4,5)6)53-32(3)57/h9-16,23-24,29,38,40,43,58H,17-22,25,27-28H2,1-8H3,(H,51,59)(H,53,57)/t38-,40+,43-/m1/s1. The van der Waals surface area contributed by atoms with Gasteiger partial charge in [-0.25, -0.2) is 4.98 Å². The van der Waals surface area contributed by atoms with Crippen LogP contribution in [0.2, 0.25) is 0 Å². The number of aliphatic hydroxyl groups excluding tert-OH is 1. The van der Waals surface area contributed by atoms with Crippen LogP contribution in [0.4, 0.5) is 11.4 Å². The first-order valence-electron chi connectivity index (χ1n) is 22.1. The third-order valence-electron chi connectivity index (χ3n) is 11.6. The second-order valence-electron chi connectivity index (χ2n) is 18.0. The number of nitrogens with one attached hydrogen (secondary N) is 2. The molecule has 4 amide bonds. The molecule has 18 heteroatoms. The molecule has 0 saturated carbocycles. The maximum absolute atomic E-state index is 13.7. The Labute approximate surface area is 401 Å². The Hall–Kier alpha value is -5.97. The maximum atomic E-state index is 13.7. The van der Waals surface area contributed by atoms with E-state index in [0.29, 0.717) is 59.9 Å². The molecule has 6 rings (SSSR count). The molecule has 2 aliphatic rings. The second kappa shape index (κ2) is 21.8. The highest BCUT2D eigenvalue weighted by Crippen LogP contribution is 2.38. The number of β-amino-alcohol motifs (C(OH)–C–C–N with tert-alkyl or cyclic N) is 1. The molecule has 3 aromatic carbocycles. The molecular formula is C49H59N7O9S2. The zero-order valence-corrected chi connectivity index (χ0v) is 40.8. The van der Waals surface area contributed by atoms with Crippen LogP contribution in [0.3, 0.4) is 0 Å². The van der Waals surface area contributed by atoms with Crippen molar-refractivity contribution in [3.05, 3.63) is 88.6 Å². The van der Waals surface area contributed by atoms with Gasteiger partial charge in [0.1, 0.15) is 42.3 Å². The van der Waals surface area contributed by atoms with Crippen molar-refractivity contribution in [1.82, 2.24) is 20.5 Å². The van der Waals surface area contributed by atoms with E-state index >= 15 is 0 Å². The monoisotopic (exact) mass is 953 g/mol. The highest BCUT2D eigenvalue weighted by Gasteiger charge is 2.50. The molecule has 67 heavy (non-hydrogen) atoms. The number of ether oxygens (including phenoxy) is 4. The first-order valence-corrected chi connectivity index (χ1v) is 23.4. The molecule has 0 bridgehead atoms. The number of rotatable bonds is 19. The van der Waals surface area contributed by atoms with Crippen LogP contribution in [0.25, 0.3) is 10.4 Å². The van der Waals surface area contributed by atoms with Crippen molar-refractivity contribution in [2.24, 2.45) is 5.41 Å². The van der Waals surface area contributed by atoms with Crippen LogP contribution in [0, 0.1) is 30.6 Å². The van der Waals surface area contributed by atoms with E-state index in [4.69, 9.17) is 31.2 Å². The molecule has 16 nitrogen and oxygen atoms in total. The Morgan fingerprint density at radius 2 is 1.63 bits per heavy atom. The topological polar surface area (TPSA) is 196 Å². The van der Waals surface area contributed by atoms with E-state index in [2.05, 4.69) is 21.7 Å². The first-order chi connectivity index (χ1) is 31.8. The minimum atomic E-state index is -0.943. The average molecular weight is 954 g/mol. The van der Waals surface area contributed by atoms with Crippen LogP contribution < -0.4 is 29.9 Å². The molecule has 0 radical (unpaired) electrons. The number of hydrogen-bond acceptors (Lipinski definition) is 13. The van der Waals surface area contributed by atoms with Crippen LogP contribution in [0.15, 0.2) is 66.2 Å². The Balaban J connectivity index is 0.954. The summed E-state index contributed by atoms with van der Waals surface area (Å²) in [6.45, 7) is 16.1. The van der Waals surface area contributed by atoms with E-state index in [0.717, 1.165) is 27.4 Å². The summed E-state index contributed by atoms with van der Waals surface area (Å²) in [5, 5.41) is 25.9. The van der Waals surface area contributed by atoms with E-state index in [1.165, 1.54) is 28.1 Å². The number of carbonyl (C=O) groups excluding carboxylic acids is 4. The zero-order valence-electron chi connectivity index (χ0n) is 39.2. The average Bonchev–Trinajstić information content (AvgIpc) is 3.94. The van der Waals surface area contributed by atoms with Gasteiger partial charge in [-0.2, -0.15) is 5.26 Å². The molecule has 3 atom stereocenters. The molecule has 3 N–H and O–H groups in total. The van der Waals surface area contributed by atoms with Crippen LogP contribution in [-0.4, -0.2) is 114 Å². The van der Waals surface area contributed by atoms with Crippen molar-refractivity contribution in [1.29, 1.82) is 5.26 Å². The number of nitriles is 1. The quantitative estimate of drug-likeness (QED) is 0.0751.